The van der Waals surface area contributed by atoms with E-state index in [1.54, 1.807) is 13.0 Å². The molecule has 8 heteroatoms. The number of alkyl halides is 3. The number of carbonyl (C=O) groups is 2. The number of ether oxygens (including phenoxy) is 1. The normalized spacial score (nSPS) is 16.5. The van der Waals surface area contributed by atoms with Gasteiger partial charge in [0.15, 0.2) is 6.10 Å². The van der Waals surface area contributed by atoms with E-state index in [-0.39, 0.29) is 11.5 Å². The van der Waals surface area contributed by atoms with Crippen LogP contribution in [0.15, 0.2) is 42.5 Å². The molecule has 0 aliphatic carbocycles. The van der Waals surface area contributed by atoms with Gasteiger partial charge in [-0.15, -0.1) is 0 Å². The first kappa shape index (κ1) is 16.8. The number of anilines is 2. The topological polar surface area (TPSA) is 67.4 Å². The van der Waals surface area contributed by atoms with Crippen LogP contribution in [0.2, 0.25) is 0 Å². The Morgan fingerprint density at radius 2 is 1.96 bits per heavy atom. The summed E-state index contributed by atoms with van der Waals surface area (Å²) < 4.78 is 43.6. The van der Waals surface area contributed by atoms with Gasteiger partial charge in [-0.2, -0.15) is 13.2 Å². The number of hydrogen-bond acceptors (Lipinski definition) is 3. The Bertz CT molecular complexity index is 849. The third-order valence-electron chi connectivity index (χ3n) is 3.62. The van der Waals surface area contributed by atoms with Crippen molar-refractivity contribution in [2.24, 2.45) is 0 Å². The zero-order valence-electron chi connectivity index (χ0n) is 13.0. The molecule has 1 atom stereocenters. The number of amides is 2. The highest BCUT2D eigenvalue weighted by Crippen LogP contribution is 2.33. The van der Waals surface area contributed by atoms with Gasteiger partial charge in [-0.1, -0.05) is 6.07 Å². The largest absolute Gasteiger partial charge is 0.479 e. The molecule has 0 bridgehead atoms. The maximum Gasteiger partial charge on any atom is 0.416 e. The van der Waals surface area contributed by atoms with Crippen LogP contribution in [-0.2, 0) is 11.0 Å². The van der Waals surface area contributed by atoms with E-state index in [2.05, 4.69) is 10.6 Å². The standard InChI is InChI=1S/C17H13F3N2O3/c1-9-15(23)22-13-8-12(5-6-14(13)25-9)21-16(24)10-3-2-4-11(7-10)17(18,19)20/h2-9H,1H3,(H,21,24)(H,22,23)/t9-/m1/s1. The third-order valence-corrected chi connectivity index (χ3v) is 3.62. The van der Waals surface area contributed by atoms with Crippen molar-refractivity contribution < 1.29 is 27.5 Å². The molecular weight excluding hydrogens is 337 g/mol. The van der Waals surface area contributed by atoms with Gasteiger partial charge in [0.05, 0.1) is 11.3 Å². The molecule has 5 nitrogen and oxygen atoms in total. The van der Waals surface area contributed by atoms with Crippen molar-refractivity contribution in [3.63, 3.8) is 0 Å². The summed E-state index contributed by atoms with van der Waals surface area (Å²) in [6, 6.07) is 8.70. The van der Waals surface area contributed by atoms with Crippen LogP contribution in [0.3, 0.4) is 0 Å². The smallest absolute Gasteiger partial charge is 0.416 e. The van der Waals surface area contributed by atoms with Gasteiger partial charge in [0.2, 0.25) is 0 Å². The predicted molar refractivity (Wildman–Crippen MR) is 84.6 cm³/mol. The van der Waals surface area contributed by atoms with E-state index in [0.717, 1.165) is 12.1 Å². The summed E-state index contributed by atoms with van der Waals surface area (Å²) in [6.07, 6.45) is -5.15. The van der Waals surface area contributed by atoms with Crippen LogP contribution in [0.4, 0.5) is 24.5 Å². The minimum atomic E-state index is -4.53. The molecule has 25 heavy (non-hydrogen) atoms. The molecule has 0 aromatic heterocycles. The van der Waals surface area contributed by atoms with Crippen LogP contribution in [0.25, 0.3) is 0 Å². The Balaban J connectivity index is 1.80. The van der Waals surface area contributed by atoms with Gasteiger partial charge in [0.25, 0.3) is 11.8 Å². The molecule has 0 saturated heterocycles. The number of hydrogen-bond donors (Lipinski definition) is 2. The zero-order valence-corrected chi connectivity index (χ0v) is 13.0. The number of fused-ring (bicyclic) bond motifs is 1. The summed E-state index contributed by atoms with van der Waals surface area (Å²) in [4.78, 5) is 23.8. The molecule has 2 N–H and O–H groups in total. The summed E-state index contributed by atoms with van der Waals surface area (Å²) in [7, 11) is 0. The minimum absolute atomic E-state index is 0.124. The fourth-order valence-corrected chi connectivity index (χ4v) is 2.33. The monoisotopic (exact) mass is 350 g/mol. The van der Waals surface area contributed by atoms with Gasteiger partial charge < -0.3 is 15.4 Å². The third kappa shape index (κ3) is 3.57. The second kappa shape index (κ2) is 6.12. The number of nitrogens with one attached hydrogen (secondary N) is 2. The second-order valence-electron chi connectivity index (χ2n) is 5.49. The van der Waals surface area contributed by atoms with Gasteiger partial charge >= 0.3 is 6.18 Å². The van der Waals surface area contributed by atoms with Crippen LogP contribution < -0.4 is 15.4 Å². The van der Waals surface area contributed by atoms with Gasteiger partial charge in [-0.25, -0.2) is 0 Å². The lowest BCUT2D eigenvalue weighted by Gasteiger charge is -2.23. The van der Waals surface area contributed by atoms with Crippen molar-refractivity contribution in [3.8, 4) is 5.75 Å². The average molecular weight is 350 g/mol. The zero-order chi connectivity index (χ0) is 18.2. The Morgan fingerprint density at radius 3 is 2.68 bits per heavy atom. The number of benzene rings is 2. The molecule has 2 amide bonds. The van der Waals surface area contributed by atoms with Crippen LogP contribution in [-0.4, -0.2) is 17.9 Å². The number of carbonyl (C=O) groups excluding carboxylic acids is 2. The molecule has 0 radical (unpaired) electrons. The lowest BCUT2D eigenvalue weighted by Crippen LogP contribution is -2.34. The molecule has 1 aliphatic rings. The van der Waals surface area contributed by atoms with Crippen LogP contribution in [0, 0.1) is 0 Å². The summed E-state index contributed by atoms with van der Waals surface area (Å²) in [5.74, 6) is -0.569. The molecule has 3 rings (SSSR count). The first-order chi connectivity index (χ1) is 11.7. The SMILES string of the molecule is C[C@H]1Oc2ccc(NC(=O)c3cccc(C(F)(F)F)c3)cc2NC1=O. The van der Waals surface area contributed by atoms with E-state index in [9.17, 15) is 22.8 Å². The Kier molecular flexibility index (Phi) is 4.12. The van der Waals surface area contributed by atoms with Gasteiger partial charge in [0, 0.05) is 11.3 Å². The maximum absolute atomic E-state index is 12.7. The molecule has 0 saturated carbocycles. The highest BCUT2D eigenvalue weighted by atomic mass is 19.4. The van der Waals surface area contributed by atoms with Crippen molar-refractivity contribution in [1.29, 1.82) is 0 Å². The Labute approximate surface area is 140 Å². The molecule has 0 fully saturated rings. The van der Waals surface area contributed by atoms with Crippen molar-refractivity contribution in [1.82, 2.24) is 0 Å². The Hall–Kier alpha value is -3.03. The first-order valence-corrected chi connectivity index (χ1v) is 7.34. The van der Waals surface area contributed by atoms with Gasteiger partial charge in [-0.05, 0) is 43.3 Å². The molecule has 2 aromatic rings. The van der Waals surface area contributed by atoms with Gasteiger partial charge in [0.1, 0.15) is 5.75 Å². The van der Waals surface area contributed by atoms with Crippen LogP contribution in [0.5, 0.6) is 5.75 Å². The summed E-state index contributed by atoms with van der Waals surface area (Å²) in [6.45, 7) is 1.60. The van der Waals surface area contributed by atoms with E-state index in [0.29, 0.717) is 17.1 Å². The van der Waals surface area contributed by atoms with Crippen molar-refractivity contribution in [2.45, 2.75) is 19.2 Å². The molecule has 0 unspecified atom stereocenters. The highest BCUT2D eigenvalue weighted by Gasteiger charge is 2.31. The minimum Gasteiger partial charge on any atom is -0.479 e. The van der Waals surface area contributed by atoms with Crippen molar-refractivity contribution in [3.05, 3.63) is 53.6 Å². The van der Waals surface area contributed by atoms with E-state index in [1.165, 1.54) is 24.3 Å². The molecule has 2 aromatic carbocycles. The summed E-state index contributed by atoms with van der Waals surface area (Å²) >= 11 is 0. The number of halogens is 3. The van der Waals surface area contributed by atoms with E-state index >= 15 is 0 Å². The molecule has 0 spiro atoms. The second-order valence-corrected chi connectivity index (χ2v) is 5.49. The molecule has 1 aliphatic heterocycles. The van der Waals surface area contributed by atoms with Crippen molar-refractivity contribution in [2.75, 3.05) is 10.6 Å². The van der Waals surface area contributed by atoms with Crippen LogP contribution >= 0.6 is 0 Å². The first-order valence-electron chi connectivity index (χ1n) is 7.34. The predicted octanol–water partition coefficient (Wildman–Crippen LogP) is 3.68. The van der Waals surface area contributed by atoms with Crippen molar-refractivity contribution >= 4 is 23.2 Å². The maximum atomic E-state index is 12.7. The van der Waals surface area contributed by atoms with E-state index < -0.39 is 23.8 Å². The number of rotatable bonds is 2. The summed E-state index contributed by atoms with van der Waals surface area (Å²) in [5, 5.41) is 5.13. The fraction of sp³-hybridized carbons (Fsp3) is 0.176. The molecule has 130 valence electrons. The van der Waals surface area contributed by atoms with E-state index in [4.69, 9.17) is 4.74 Å². The lowest BCUT2D eigenvalue weighted by molar-refractivity contribution is -0.137. The van der Waals surface area contributed by atoms with E-state index in [1.807, 2.05) is 0 Å². The molecular formula is C17H13F3N2O3. The fourth-order valence-electron chi connectivity index (χ4n) is 2.33. The lowest BCUT2D eigenvalue weighted by atomic mass is 10.1. The highest BCUT2D eigenvalue weighted by molar-refractivity contribution is 6.05. The molecule has 1 heterocycles. The average Bonchev–Trinajstić information content (AvgIpc) is 2.55. The van der Waals surface area contributed by atoms with Crippen LogP contribution in [0.1, 0.15) is 22.8 Å². The summed E-state index contributed by atoms with van der Waals surface area (Å²) in [5.41, 5.74) is -0.328. The van der Waals surface area contributed by atoms with Gasteiger partial charge in [-0.3, -0.25) is 9.59 Å². The Morgan fingerprint density at radius 1 is 1.20 bits per heavy atom. The quantitative estimate of drug-likeness (QED) is 0.868.